The number of piperidine rings is 1. The molecule has 1 amide bonds. The van der Waals surface area contributed by atoms with Crippen molar-refractivity contribution in [1.82, 2.24) is 4.90 Å². The van der Waals surface area contributed by atoms with E-state index in [2.05, 4.69) is 0 Å². The van der Waals surface area contributed by atoms with Crippen molar-refractivity contribution >= 4 is 5.91 Å². The van der Waals surface area contributed by atoms with Gasteiger partial charge in [0.1, 0.15) is 6.61 Å². The number of likely N-dealkylation sites (tertiary alicyclic amines) is 1. The van der Waals surface area contributed by atoms with Crippen LogP contribution in [0.3, 0.4) is 0 Å². The quantitative estimate of drug-likeness (QED) is 0.768. The van der Waals surface area contributed by atoms with Gasteiger partial charge in [0.2, 0.25) is 5.91 Å². The molecule has 0 saturated carbocycles. The lowest BCUT2D eigenvalue weighted by Gasteiger charge is -2.30. The molecule has 1 atom stereocenters. The van der Waals surface area contributed by atoms with Crippen LogP contribution in [-0.2, 0) is 9.53 Å². The summed E-state index contributed by atoms with van der Waals surface area (Å²) in [6.45, 7) is 6.37. The van der Waals surface area contributed by atoms with Gasteiger partial charge in [-0.15, -0.1) is 0 Å². The number of carbonyl (C=O) groups excluding carboxylic acids is 1. The first-order valence-electron chi connectivity index (χ1n) is 6.23. The van der Waals surface area contributed by atoms with Crippen LogP contribution in [0.2, 0.25) is 0 Å². The summed E-state index contributed by atoms with van der Waals surface area (Å²) < 4.78 is 5.63. The van der Waals surface area contributed by atoms with Crippen molar-refractivity contribution in [1.29, 1.82) is 0 Å². The fourth-order valence-corrected chi connectivity index (χ4v) is 1.78. The molecule has 1 aliphatic rings. The Bertz CT molecular complexity index is 221. The molecule has 0 aromatic rings. The topological polar surface area (TPSA) is 55.6 Å². The maximum Gasteiger partial charge on any atom is 0.248 e. The first-order chi connectivity index (χ1) is 7.61. The minimum absolute atomic E-state index is 0.104. The summed E-state index contributed by atoms with van der Waals surface area (Å²) >= 11 is 0. The summed E-state index contributed by atoms with van der Waals surface area (Å²) in [5, 5.41) is 0. The zero-order chi connectivity index (χ0) is 12.0. The van der Waals surface area contributed by atoms with Gasteiger partial charge in [-0.1, -0.05) is 6.92 Å². The number of amides is 1. The predicted molar refractivity (Wildman–Crippen MR) is 64.1 cm³/mol. The average molecular weight is 228 g/mol. The highest BCUT2D eigenvalue weighted by Crippen LogP contribution is 2.14. The van der Waals surface area contributed by atoms with E-state index in [1.807, 2.05) is 18.7 Å². The molecule has 0 aliphatic carbocycles. The summed E-state index contributed by atoms with van der Waals surface area (Å²) in [6.07, 6.45) is 4.30. The summed E-state index contributed by atoms with van der Waals surface area (Å²) in [6, 6.07) is 0. The number of nitrogens with two attached hydrogens (primary N) is 1. The van der Waals surface area contributed by atoms with Gasteiger partial charge in [-0.05, 0) is 32.6 Å². The highest BCUT2D eigenvalue weighted by Gasteiger charge is 2.24. The van der Waals surface area contributed by atoms with Crippen molar-refractivity contribution in [3.05, 3.63) is 0 Å². The molecule has 1 heterocycles. The zero-order valence-corrected chi connectivity index (χ0v) is 10.5. The monoisotopic (exact) mass is 228 g/mol. The Kier molecular flexibility index (Phi) is 5.22. The van der Waals surface area contributed by atoms with Gasteiger partial charge in [-0.3, -0.25) is 4.79 Å². The lowest BCUT2D eigenvalue weighted by Crippen LogP contribution is -2.43. The van der Waals surface area contributed by atoms with Crippen LogP contribution in [0.25, 0.3) is 0 Å². The highest BCUT2D eigenvalue weighted by atomic mass is 16.5. The van der Waals surface area contributed by atoms with E-state index < -0.39 is 0 Å². The summed E-state index contributed by atoms with van der Waals surface area (Å²) in [5.74, 6) is 0.104. The molecule has 1 rings (SSSR count). The van der Waals surface area contributed by atoms with Crippen LogP contribution in [0.15, 0.2) is 0 Å². The zero-order valence-electron chi connectivity index (χ0n) is 10.5. The smallest absolute Gasteiger partial charge is 0.248 e. The largest absolute Gasteiger partial charge is 0.364 e. The second kappa shape index (κ2) is 6.21. The number of nitrogens with zero attached hydrogens (tertiary/aromatic N) is 1. The van der Waals surface area contributed by atoms with Gasteiger partial charge in [-0.25, -0.2) is 0 Å². The molecule has 0 bridgehead atoms. The van der Waals surface area contributed by atoms with Gasteiger partial charge in [-0.2, -0.15) is 0 Å². The third kappa shape index (κ3) is 3.76. The van der Waals surface area contributed by atoms with E-state index in [-0.39, 0.29) is 18.1 Å². The van der Waals surface area contributed by atoms with Crippen molar-refractivity contribution < 1.29 is 9.53 Å². The first kappa shape index (κ1) is 13.5. The molecule has 1 unspecified atom stereocenters. The van der Waals surface area contributed by atoms with Crippen LogP contribution >= 0.6 is 0 Å². The van der Waals surface area contributed by atoms with E-state index in [4.69, 9.17) is 10.5 Å². The van der Waals surface area contributed by atoms with Crippen LogP contribution < -0.4 is 5.73 Å². The Morgan fingerprint density at radius 1 is 1.38 bits per heavy atom. The van der Waals surface area contributed by atoms with E-state index in [0.29, 0.717) is 6.54 Å². The maximum atomic E-state index is 11.8. The van der Waals surface area contributed by atoms with E-state index in [9.17, 15) is 4.79 Å². The Morgan fingerprint density at radius 3 is 2.50 bits per heavy atom. The lowest BCUT2D eigenvalue weighted by molar-refractivity contribution is -0.143. The molecule has 1 aliphatic heterocycles. The molecular weight excluding hydrogens is 204 g/mol. The molecule has 2 N–H and O–H groups in total. The van der Waals surface area contributed by atoms with Crippen LogP contribution in [0.4, 0.5) is 0 Å². The van der Waals surface area contributed by atoms with Gasteiger partial charge in [0.15, 0.2) is 0 Å². The predicted octanol–water partition coefficient (Wildman–Crippen LogP) is 1.14. The molecule has 0 spiro atoms. The highest BCUT2D eigenvalue weighted by molar-refractivity contribution is 5.77. The van der Waals surface area contributed by atoms with Gasteiger partial charge >= 0.3 is 0 Å². The van der Waals surface area contributed by atoms with Crippen LogP contribution in [0, 0.1) is 0 Å². The molecule has 1 saturated heterocycles. The van der Waals surface area contributed by atoms with E-state index in [0.717, 1.165) is 32.4 Å². The first-order valence-corrected chi connectivity index (χ1v) is 6.23. The number of hydrogen-bond donors (Lipinski definition) is 1. The van der Waals surface area contributed by atoms with Gasteiger partial charge in [0, 0.05) is 19.6 Å². The minimum atomic E-state index is -0.356. The Hall–Kier alpha value is -0.610. The molecule has 0 aromatic carbocycles. The normalized spacial score (nSPS) is 20.6. The molecule has 0 aromatic heterocycles. The third-order valence-corrected chi connectivity index (χ3v) is 3.43. The third-order valence-electron chi connectivity index (χ3n) is 3.43. The molecule has 1 fully saturated rings. The summed E-state index contributed by atoms with van der Waals surface area (Å²) in [7, 11) is 0. The summed E-state index contributed by atoms with van der Waals surface area (Å²) in [5.41, 5.74) is 5.28. The number of rotatable bonds is 5. The SMILES string of the molecule is CCC(C)(CN)OCC(=O)N1CCCCC1. The van der Waals surface area contributed by atoms with E-state index in [1.54, 1.807) is 0 Å². The average Bonchev–Trinajstić information content (AvgIpc) is 2.36. The maximum absolute atomic E-state index is 11.8. The standard InChI is InChI=1S/C12H24N2O2/c1-3-12(2,10-13)16-9-11(15)14-7-5-4-6-8-14/h3-10,13H2,1-2H3. The van der Waals surface area contributed by atoms with Crippen LogP contribution in [0.1, 0.15) is 39.5 Å². The Balaban J connectivity index is 2.33. The Morgan fingerprint density at radius 2 is 2.00 bits per heavy atom. The lowest BCUT2D eigenvalue weighted by atomic mass is 10.0. The minimum Gasteiger partial charge on any atom is -0.364 e. The molecular formula is C12H24N2O2. The molecule has 4 heteroatoms. The van der Waals surface area contributed by atoms with Gasteiger partial charge < -0.3 is 15.4 Å². The van der Waals surface area contributed by atoms with Crippen LogP contribution in [0.5, 0.6) is 0 Å². The summed E-state index contributed by atoms with van der Waals surface area (Å²) in [4.78, 5) is 13.7. The Labute approximate surface area is 98.1 Å². The van der Waals surface area contributed by atoms with Gasteiger partial charge in [0.25, 0.3) is 0 Å². The van der Waals surface area contributed by atoms with Crippen molar-refractivity contribution in [2.75, 3.05) is 26.2 Å². The van der Waals surface area contributed by atoms with Crippen molar-refractivity contribution in [2.24, 2.45) is 5.73 Å². The number of ether oxygens (including phenoxy) is 1. The second-order valence-corrected chi connectivity index (χ2v) is 4.74. The number of hydrogen-bond acceptors (Lipinski definition) is 3. The van der Waals surface area contributed by atoms with Crippen molar-refractivity contribution in [3.63, 3.8) is 0 Å². The second-order valence-electron chi connectivity index (χ2n) is 4.74. The molecule has 4 nitrogen and oxygen atoms in total. The van der Waals surface area contributed by atoms with Crippen molar-refractivity contribution in [3.8, 4) is 0 Å². The fourth-order valence-electron chi connectivity index (χ4n) is 1.78. The molecule has 0 radical (unpaired) electrons. The van der Waals surface area contributed by atoms with Crippen molar-refractivity contribution in [2.45, 2.75) is 45.1 Å². The fraction of sp³-hybridized carbons (Fsp3) is 0.917. The van der Waals surface area contributed by atoms with Gasteiger partial charge in [0.05, 0.1) is 5.60 Å². The number of carbonyl (C=O) groups is 1. The van der Waals surface area contributed by atoms with E-state index in [1.165, 1.54) is 6.42 Å². The molecule has 94 valence electrons. The van der Waals surface area contributed by atoms with Crippen LogP contribution in [-0.4, -0.2) is 42.6 Å². The molecule has 16 heavy (non-hydrogen) atoms. The van der Waals surface area contributed by atoms with E-state index >= 15 is 0 Å².